The van der Waals surface area contributed by atoms with Gasteiger partial charge in [0.25, 0.3) is 0 Å². The van der Waals surface area contributed by atoms with Crippen LogP contribution in [-0.2, 0) is 75.8 Å². The van der Waals surface area contributed by atoms with E-state index in [1.165, 1.54) is 25.5 Å². The molecule has 24 heteroatoms. The van der Waals surface area contributed by atoms with Gasteiger partial charge in [0.1, 0.15) is 122 Å². The monoisotopic (exact) mass is 1010 g/mol. The van der Waals surface area contributed by atoms with Crippen molar-refractivity contribution in [3.05, 3.63) is 0 Å². The Labute approximate surface area is 397 Å². The molecule has 10 aliphatic rings. The first-order valence-electron chi connectivity index (χ1n) is 20.7. The number of halogens is 4. The number of aliphatic hydroxyl groups is 4. The average molecular weight is 1020 g/mol. The van der Waals surface area contributed by atoms with Crippen molar-refractivity contribution in [1.29, 1.82) is 0 Å². The van der Waals surface area contributed by atoms with E-state index in [1.807, 2.05) is 0 Å². The zero-order valence-corrected chi connectivity index (χ0v) is 41.5. The molecule has 0 aliphatic carbocycles. The van der Waals surface area contributed by atoms with Gasteiger partial charge in [-0.1, -0.05) is 0 Å². The van der Waals surface area contributed by atoms with Crippen molar-refractivity contribution in [3.63, 3.8) is 0 Å². The lowest BCUT2D eigenvalue weighted by atomic mass is 10.1. The smallest absolute Gasteiger partial charge is 0.115 e. The van der Waals surface area contributed by atoms with Crippen molar-refractivity contribution in [2.24, 2.45) is 0 Å². The topological polar surface area (TPSA) is 229 Å². The third-order valence-electron chi connectivity index (χ3n) is 11.7. The van der Waals surface area contributed by atoms with E-state index < -0.39 is 24.4 Å². The molecule has 4 N–H and O–H groups in total. The highest BCUT2D eigenvalue weighted by molar-refractivity contribution is 6.15. The summed E-state index contributed by atoms with van der Waals surface area (Å²) < 4.78 is 84.4. The van der Waals surface area contributed by atoms with Crippen LogP contribution in [0.5, 0.6) is 0 Å². The van der Waals surface area contributed by atoms with Gasteiger partial charge in [0.05, 0.1) is 66.1 Å². The number of methoxy groups -OCH3 is 6. The molecule has 64 heavy (non-hydrogen) atoms. The molecule has 0 aromatic rings. The number of rotatable bonds is 6. The molecule has 0 saturated carbocycles. The van der Waals surface area contributed by atoms with Crippen LogP contribution in [0.25, 0.3) is 0 Å². The summed E-state index contributed by atoms with van der Waals surface area (Å²) in [6.07, 6.45) is 3.38. The second-order valence-electron chi connectivity index (χ2n) is 14.9. The lowest BCUT2D eigenvalue weighted by Gasteiger charge is -2.14. The lowest BCUT2D eigenvalue weighted by Crippen LogP contribution is -2.32. The minimum absolute atomic E-state index is 0.00264. The molecular weight excluding hydrogens is 942 g/mol. The van der Waals surface area contributed by atoms with Gasteiger partial charge < -0.3 is 96.2 Å². The second-order valence-corrected chi connectivity index (χ2v) is 14.9. The highest BCUT2D eigenvalue weighted by atomic mass is 35.5. The van der Waals surface area contributed by atoms with Crippen molar-refractivity contribution in [2.45, 2.75) is 122 Å². The maximum atomic E-state index is 9.31. The summed E-state index contributed by atoms with van der Waals surface area (Å²) in [5.41, 5.74) is 0. The van der Waals surface area contributed by atoms with E-state index in [0.29, 0.717) is 52.9 Å². The van der Waals surface area contributed by atoms with Gasteiger partial charge in [0.15, 0.2) is 0 Å². The van der Waals surface area contributed by atoms with E-state index in [9.17, 15) is 10.2 Å². The SMILES string of the molecule is CCl.CCl.CCl.CCl.COC1COC2C(O)COC12.COC1COC2C(O)COC12.COC1COC2C(OC)COC12.COC1COC2C(OC)COC12.OC1COC2C(O)COC12. The summed E-state index contributed by atoms with van der Waals surface area (Å²) in [4.78, 5) is 0. The molecule has 0 aromatic carbocycles. The molecule has 0 aromatic heterocycles. The van der Waals surface area contributed by atoms with Crippen molar-refractivity contribution in [3.8, 4) is 0 Å². The van der Waals surface area contributed by atoms with Crippen LogP contribution >= 0.6 is 46.4 Å². The number of hydrogen-bond donors (Lipinski definition) is 4. The van der Waals surface area contributed by atoms with Crippen LogP contribution < -0.4 is 0 Å². The first kappa shape index (κ1) is 60.5. The fourth-order valence-corrected chi connectivity index (χ4v) is 8.42. The summed E-state index contributed by atoms with van der Waals surface area (Å²) in [5, 5.41) is 36.9. The largest absolute Gasteiger partial charge is 0.388 e. The molecule has 10 aliphatic heterocycles. The van der Waals surface area contributed by atoms with Crippen LogP contribution in [0.3, 0.4) is 0 Å². The fourth-order valence-electron chi connectivity index (χ4n) is 8.42. The Morgan fingerprint density at radius 2 is 0.375 bits per heavy atom. The normalized spacial score (nSPS) is 43.2. The molecule has 0 bridgehead atoms. The fraction of sp³-hybridized carbons (Fsp3) is 1.00. The van der Waals surface area contributed by atoms with E-state index in [-0.39, 0.29) is 111 Å². The van der Waals surface area contributed by atoms with Gasteiger partial charge in [0.2, 0.25) is 0 Å². The lowest BCUT2D eigenvalue weighted by molar-refractivity contribution is -0.0267. The van der Waals surface area contributed by atoms with Crippen molar-refractivity contribution in [1.82, 2.24) is 0 Å². The van der Waals surface area contributed by atoms with Gasteiger partial charge in [0, 0.05) is 68.2 Å². The van der Waals surface area contributed by atoms with Crippen LogP contribution in [0.2, 0.25) is 0 Å². The van der Waals surface area contributed by atoms with Crippen LogP contribution in [0, 0.1) is 0 Å². The molecule has 10 heterocycles. The Bertz CT molecular complexity index is 1060. The third kappa shape index (κ3) is 15.7. The van der Waals surface area contributed by atoms with Crippen molar-refractivity contribution in [2.75, 3.05) is 134 Å². The Balaban J connectivity index is 0.000000265. The molecule has 0 radical (unpaired) electrons. The molecule has 0 spiro atoms. The number of aliphatic hydroxyl groups excluding tert-OH is 4. The molecule has 10 saturated heterocycles. The van der Waals surface area contributed by atoms with Crippen molar-refractivity contribution < 1.29 is 96.2 Å². The molecule has 10 rings (SSSR count). The van der Waals surface area contributed by atoms with Crippen LogP contribution in [0.1, 0.15) is 0 Å². The molecule has 20 unspecified atom stereocenters. The summed E-state index contributed by atoms with van der Waals surface area (Å²) in [6.45, 7) is 4.84. The zero-order chi connectivity index (χ0) is 47.9. The van der Waals surface area contributed by atoms with Gasteiger partial charge in [-0.15, -0.1) is 46.4 Å². The Morgan fingerprint density at radius 3 is 0.562 bits per heavy atom. The highest BCUT2D eigenvalue weighted by Crippen LogP contribution is 2.32. The first-order valence-corrected chi connectivity index (χ1v) is 23.8. The maximum absolute atomic E-state index is 9.31. The Kier molecular flexibility index (Phi) is 31.2. The van der Waals surface area contributed by atoms with Crippen LogP contribution in [0.4, 0.5) is 0 Å². The summed E-state index contributed by atoms with van der Waals surface area (Å²) >= 11 is 18.6. The minimum atomic E-state index is -0.554. The van der Waals surface area contributed by atoms with Crippen LogP contribution in [0.15, 0.2) is 0 Å². The van der Waals surface area contributed by atoms with E-state index in [0.717, 1.165) is 0 Å². The van der Waals surface area contributed by atoms with Gasteiger partial charge >= 0.3 is 0 Å². The highest BCUT2D eigenvalue weighted by Gasteiger charge is 2.51. The summed E-state index contributed by atoms with van der Waals surface area (Å²) in [5.74, 6) is 0. The molecule has 0 amide bonds. The molecule has 382 valence electrons. The van der Waals surface area contributed by atoms with E-state index in [1.54, 1.807) is 42.7 Å². The maximum Gasteiger partial charge on any atom is 0.115 e. The summed E-state index contributed by atoms with van der Waals surface area (Å²) in [7, 11) is 9.98. The molecule has 10 fully saturated rings. The number of ether oxygens (including phenoxy) is 16. The van der Waals surface area contributed by atoms with E-state index in [2.05, 4.69) is 46.4 Å². The molecular formula is C40H74Cl4O20. The van der Waals surface area contributed by atoms with E-state index >= 15 is 0 Å². The predicted molar refractivity (Wildman–Crippen MR) is 233 cm³/mol. The number of hydrogen-bond acceptors (Lipinski definition) is 20. The number of fused-ring (bicyclic) bond motifs is 5. The predicted octanol–water partition coefficient (Wildman–Crippen LogP) is -0.126. The van der Waals surface area contributed by atoms with E-state index in [4.69, 9.17) is 86.0 Å². The minimum Gasteiger partial charge on any atom is -0.388 e. The Morgan fingerprint density at radius 1 is 0.250 bits per heavy atom. The van der Waals surface area contributed by atoms with Gasteiger partial charge in [-0.25, -0.2) is 0 Å². The van der Waals surface area contributed by atoms with Gasteiger partial charge in [-0.3, -0.25) is 0 Å². The molecule has 20 atom stereocenters. The van der Waals surface area contributed by atoms with Crippen LogP contribution in [-0.4, -0.2) is 277 Å². The molecule has 20 nitrogen and oxygen atoms in total. The quantitative estimate of drug-likeness (QED) is 0.254. The number of alkyl halides is 4. The zero-order valence-electron chi connectivity index (χ0n) is 38.5. The van der Waals surface area contributed by atoms with Gasteiger partial charge in [-0.05, 0) is 0 Å². The van der Waals surface area contributed by atoms with Crippen molar-refractivity contribution >= 4 is 46.4 Å². The standard InChI is InChI=1S/2C8H14O4.2C7H12O4.C6H10O4.4CH3Cl/c2*1-9-5-3-11-8-6(10-2)4-12-7(5)8;2*1-9-5-3-11-6-4(8)2-10-7(5)6;7-3-1-9-6-4(8)2-10-5(3)6;4*1-2/h2*5-8H,3-4H2,1-2H3;2*4-8H,2-3H2,1H3;3-8H,1-2H2;4*1H3. The summed E-state index contributed by atoms with van der Waals surface area (Å²) in [6, 6.07) is 0. The first-order chi connectivity index (χ1) is 31.2. The average Bonchev–Trinajstić information content (AvgIpc) is 4.20. The third-order valence-corrected chi connectivity index (χ3v) is 11.7. The van der Waals surface area contributed by atoms with Gasteiger partial charge in [-0.2, -0.15) is 0 Å². The second kappa shape index (κ2) is 33.0. The Hall–Kier alpha value is 0.360.